The average molecular weight is 206 g/mol. The van der Waals surface area contributed by atoms with E-state index in [1.807, 2.05) is 0 Å². The van der Waals surface area contributed by atoms with Gasteiger partial charge in [-0.2, -0.15) is 0 Å². The van der Waals surface area contributed by atoms with Gasteiger partial charge in [-0.15, -0.1) is 0 Å². The van der Waals surface area contributed by atoms with Crippen LogP contribution < -0.4 is 0 Å². The summed E-state index contributed by atoms with van der Waals surface area (Å²) in [5.74, 6) is 1.71. The molecule has 4 unspecified atom stereocenters. The van der Waals surface area contributed by atoms with Crippen molar-refractivity contribution in [2.75, 3.05) is 0 Å². The zero-order valence-electron chi connectivity index (χ0n) is 9.71. The van der Waals surface area contributed by atoms with E-state index in [-0.39, 0.29) is 5.41 Å². The number of hydrogen-bond acceptors (Lipinski definition) is 1. The van der Waals surface area contributed by atoms with Gasteiger partial charge in [0.1, 0.15) is 0 Å². The second-order valence-electron chi connectivity index (χ2n) is 6.22. The van der Waals surface area contributed by atoms with Crippen LogP contribution in [0.2, 0.25) is 0 Å². The molecule has 0 aliphatic heterocycles. The molecule has 2 fully saturated rings. The Balaban J connectivity index is 1.85. The van der Waals surface area contributed by atoms with Gasteiger partial charge in [0, 0.05) is 5.41 Å². The molecule has 84 valence electrons. The molecule has 3 rings (SSSR count). The SMILES string of the molecule is CC12C=CC1(O)CC1CCCCC1CC2. The first-order chi connectivity index (χ1) is 7.13. The summed E-state index contributed by atoms with van der Waals surface area (Å²) >= 11 is 0. The first-order valence-electron chi connectivity index (χ1n) is 6.56. The van der Waals surface area contributed by atoms with E-state index in [1.54, 1.807) is 0 Å². The van der Waals surface area contributed by atoms with Crippen molar-refractivity contribution in [2.45, 2.75) is 57.5 Å². The predicted octanol–water partition coefficient (Wildman–Crippen LogP) is 3.28. The highest BCUT2D eigenvalue weighted by Gasteiger charge is 2.53. The Morgan fingerprint density at radius 3 is 2.47 bits per heavy atom. The molecule has 3 aliphatic rings. The zero-order chi connectivity index (χ0) is 10.5. The van der Waals surface area contributed by atoms with Gasteiger partial charge in [-0.1, -0.05) is 44.8 Å². The Bertz CT molecular complexity index is 296. The van der Waals surface area contributed by atoms with Gasteiger partial charge in [-0.05, 0) is 31.1 Å². The smallest absolute Gasteiger partial charge is 0.0918 e. The Kier molecular flexibility index (Phi) is 2.04. The molecular formula is C14H22O. The van der Waals surface area contributed by atoms with Crippen LogP contribution in [-0.4, -0.2) is 10.7 Å². The van der Waals surface area contributed by atoms with Crippen LogP contribution in [0.1, 0.15) is 51.9 Å². The predicted molar refractivity (Wildman–Crippen MR) is 61.5 cm³/mol. The van der Waals surface area contributed by atoms with Gasteiger partial charge >= 0.3 is 0 Å². The Morgan fingerprint density at radius 2 is 1.80 bits per heavy atom. The van der Waals surface area contributed by atoms with Crippen LogP contribution in [0.15, 0.2) is 12.2 Å². The van der Waals surface area contributed by atoms with E-state index >= 15 is 0 Å². The van der Waals surface area contributed by atoms with Gasteiger partial charge in [0.15, 0.2) is 0 Å². The van der Waals surface area contributed by atoms with E-state index in [2.05, 4.69) is 19.1 Å². The molecule has 1 nitrogen and oxygen atoms in total. The largest absolute Gasteiger partial charge is 0.385 e. The molecule has 0 saturated heterocycles. The summed E-state index contributed by atoms with van der Waals surface area (Å²) in [5.41, 5.74) is -0.353. The van der Waals surface area contributed by atoms with E-state index in [0.29, 0.717) is 0 Å². The second-order valence-corrected chi connectivity index (χ2v) is 6.22. The van der Waals surface area contributed by atoms with Crippen molar-refractivity contribution in [3.05, 3.63) is 12.2 Å². The lowest BCUT2D eigenvalue weighted by molar-refractivity contribution is -0.0473. The van der Waals surface area contributed by atoms with Crippen molar-refractivity contribution < 1.29 is 5.11 Å². The van der Waals surface area contributed by atoms with Crippen LogP contribution in [0.25, 0.3) is 0 Å². The van der Waals surface area contributed by atoms with Crippen molar-refractivity contribution in [1.82, 2.24) is 0 Å². The van der Waals surface area contributed by atoms with Gasteiger partial charge in [0.25, 0.3) is 0 Å². The molecule has 2 saturated carbocycles. The van der Waals surface area contributed by atoms with Gasteiger partial charge in [0.05, 0.1) is 5.60 Å². The fourth-order valence-electron chi connectivity index (χ4n) is 3.98. The molecule has 0 aromatic heterocycles. The highest BCUT2D eigenvalue weighted by atomic mass is 16.3. The standard InChI is InChI=1S/C14H22O/c1-13-7-6-11-4-2-3-5-12(11)10-14(13,15)9-8-13/h8-9,11-12,15H,2-7,10H2,1H3. The molecule has 1 N–H and O–H groups in total. The summed E-state index contributed by atoms with van der Waals surface area (Å²) < 4.78 is 0. The topological polar surface area (TPSA) is 20.2 Å². The molecule has 0 aromatic carbocycles. The van der Waals surface area contributed by atoms with E-state index in [4.69, 9.17) is 0 Å². The maximum absolute atomic E-state index is 10.6. The summed E-state index contributed by atoms with van der Waals surface area (Å²) in [6.45, 7) is 2.24. The average Bonchev–Trinajstić information content (AvgIpc) is 2.31. The molecule has 4 atom stereocenters. The molecular weight excluding hydrogens is 184 g/mol. The molecule has 0 amide bonds. The number of rotatable bonds is 0. The van der Waals surface area contributed by atoms with Gasteiger partial charge in [-0.25, -0.2) is 0 Å². The minimum Gasteiger partial charge on any atom is -0.385 e. The maximum atomic E-state index is 10.6. The van der Waals surface area contributed by atoms with Crippen molar-refractivity contribution in [3.63, 3.8) is 0 Å². The highest BCUT2D eigenvalue weighted by Crippen LogP contribution is 2.55. The van der Waals surface area contributed by atoms with Crippen molar-refractivity contribution >= 4 is 0 Å². The lowest BCUT2D eigenvalue weighted by atomic mass is 9.61. The summed E-state index contributed by atoms with van der Waals surface area (Å²) in [6, 6.07) is 0. The van der Waals surface area contributed by atoms with E-state index in [1.165, 1.54) is 38.5 Å². The first kappa shape index (κ1) is 9.89. The van der Waals surface area contributed by atoms with E-state index in [0.717, 1.165) is 18.3 Å². The van der Waals surface area contributed by atoms with Crippen LogP contribution in [0, 0.1) is 17.3 Å². The van der Waals surface area contributed by atoms with Crippen molar-refractivity contribution in [1.29, 1.82) is 0 Å². The van der Waals surface area contributed by atoms with Gasteiger partial charge in [-0.3, -0.25) is 0 Å². The molecule has 0 bridgehead atoms. The quantitative estimate of drug-likeness (QED) is 0.603. The summed E-state index contributed by atoms with van der Waals surface area (Å²) in [5, 5.41) is 10.6. The van der Waals surface area contributed by atoms with Crippen molar-refractivity contribution in [2.24, 2.45) is 17.3 Å². The summed E-state index contributed by atoms with van der Waals surface area (Å²) in [4.78, 5) is 0. The lowest BCUT2D eigenvalue weighted by Crippen LogP contribution is -2.50. The summed E-state index contributed by atoms with van der Waals surface area (Å²) in [6.07, 6.45) is 13.4. The zero-order valence-corrected chi connectivity index (χ0v) is 9.71. The second kappa shape index (κ2) is 3.10. The van der Waals surface area contributed by atoms with Crippen LogP contribution in [-0.2, 0) is 0 Å². The van der Waals surface area contributed by atoms with Crippen LogP contribution in [0.3, 0.4) is 0 Å². The summed E-state index contributed by atoms with van der Waals surface area (Å²) in [7, 11) is 0. The monoisotopic (exact) mass is 206 g/mol. The number of aliphatic hydroxyl groups is 1. The minimum atomic E-state index is -0.455. The van der Waals surface area contributed by atoms with Crippen LogP contribution in [0.5, 0.6) is 0 Å². The van der Waals surface area contributed by atoms with E-state index in [9.17, 15) is 5.11 Å². The fourth-order valence-corrected chi connectivity index (χ4v) is 3.98. The van der Waals surface area contributed by atoms with Crippen LogP contribution in [0.4, 0.5) is 0 Å². The number of fused-ring (bicyclic) bond motifs is 2. The van der Waals surface area contributed by atoms with E-state index < -0.39 is 5.60 Å². The first-order valence-corrected chi connectivity index (χ1v) is 6.56. The van der Waals surface area contributed by atoms with Crippen molar-refractivity contribution in [3.8, 4) is 0 Å². The Labute approximate surface area is 92.6 Å². The Morgan fingerprint density at radius 1 is 1.07 bits per heavy atom. The Hall–Kier alpha value is -0.300. The maximum Gasteiger partial charge on any atom is 0.0918 e. The molecule has 0 radical (unpaired) electrons. The normalized spacial score (nSPS) is 53.7. The molecule has 0 heterocycles. The van der Waals surface area contributed by atoms with Gasteiger partial charge < -0.3 is 5.11 Å². The van der Waals surface area contributed by atoms with Gasteiger partial charge in [0.2, 0.25) is 0 Å². The molecule has 0 spiro atoms. The fraction of sp³-hybridized carbons (Fsp3) is 0.857. The third-order valence-corrected chi connectivity index (χ3v) is 5.39. The highest BCUT2D eigenvalue weighted by molar-refractivity contribution is 5.28. The third-order valence-electron chi connectivity index (χ3n) is 5.39. The number of hydrogen-bond donors (Lipinski definition) is 1. The van der Waals surface area contributed by atoms with Crippen LogP contribution >= 0.6 is 0 Å². The lowest BCUT2D eigenvalue weighted by Gasteiger charge is -2.48. The molecule has 3 aliphatic carbocycles. The molecule has 0 aromatic rings. The molecule has 15 heavy (non-hydrogen) atoms. The minimum absolute atomic E-state index is 0.102. The molecule has 1 heteroatoms. The third kappa shape index (κ3) is 1.32.